The minimum Gasteiger partial charge on any atom is -0.496 e. The van der Waals surface area contributed by atoms with Crippen molar-refractivity contribution in [2.45, 2.75) is 13.0 Å². The van der Waals surface area contributed by atoms with Crippen LogP contribution in [0.3, 0.4) is 0 Å². The van der Waals surface area contributed by atoms with Gasteiger partial charge in [-0.2, -0.15) is 0 Å². The van der Waals surface area contributed by atoms with Crippen molar-refractivity contribution in [1.29, 1.82) is 0 Å². The van der Waals surface area contributed by atoms with Crippen LogP contribution >= 0.6 is 12.4 Å². The summed E-state index contributed by atoms with van der Waals surface area (Å²) in [5.41, 5.74) is 1.81. The van der Waals surface area contributed by atoms with Gasteiger partial charge in [0.15, 0.2) is 0 Å². The molecule has 9 heteroatoms. The number of para-hydroxylation sites is 2. The first-order valence-electron chi connectivity index (χ1n) is 9.12. The molecule has 1 fully saturated rings. The highest BCUT2D eigenvalue weighted by molar-refractivity contribution is 5.95. The lowest BCUT2D eigenvalue weighted by Crippen LogP contribution is -2.48. The number of nitrogens with zero attached hydrogens (tertiary/aromatic N) is 2. The predicted molar refractivity (Wildman–Crippen MR) is 114 cm³/mol. The summed E-state index contributed by atoms with van der Waals surface area (Å²) >= 11 is 0. The molecule has 2 aromatic rings. The first-order chi connectivity index (χ1) is 13.5. The number of halogens is 1. The van der Waals surface area contributed by atoms with Crippen LogP contribution in [0.25, 0.3) is 0 Å². The van der Waals surface area contributed by atoms with Crippen molar-refractivity contribution in [3.8, 4) is 5.75 Å². The van der Waals surface area contributed by atoms with Crippen molar-refractivity contribution in [2.24, 2.45) is 0 Å². The van der Waals surface area contributed by atoms with E-state index in [4.69, 9.17) is 4.74 Å². The monoisotopic (exact) mass is 420 g/mol. The molecule has 1 aliphatic heterocycles. The number of methoxy groups -OCH3 is 1. The average Bonchev–Trinajstić information content (AvgIpc) is 2.69. The number of rotatable bonds is 6. The molecule has 29 heavy (non-hydrogen) atoms. The average molecular weight is 421 g/mol. The van der Waals surface area contributed by atoms with Gasteiger partial charge in [-0.05, 0) is 18.6 Å². The minimum absolute atomic E-state index is 0. The first-order valence-corrected chi connectivity index (χ1v) is 9.12. The van der Waals surface area contributed by atoms with Crippen molar-refractivity contribution < 1.29 is 14.5 Å². The van der Waals surface area contributed by atoms with Crippen LogP contribution in [-0.2, 0) is 4.79 Å². The summed E-state index contributed by atoms with van der Waals surface area (Å²) in [5.74, 6) is 0.496. The van der Waals surface area contributed by atoms with Crippen LogP contribution in [0.4, 0.5) is 11.4 Å². The van der Waals surface area contributed by atoms with E-state index in [2.05, 4.69) is 15.5 Å². The highest BCUT2D eigenvalue weighted by atomic mass is 35.5. The molecule has 1 heterocycles. The minimum atomic E-state index is -0.481. The summed E-state index contributed by atoms with van der Waals surface area (Å²) in [7, 11) is 1.63. The lowest BCUT2D eigenvalue weighted by molar-refractivity contribution is -0.384. The number of benzene rings is 2. The van der Waals surface area contributed by atoms with Crippen LogP contribution in [0, 0.1) is 17.0 Å². The lowest BCUT2D eigenvalue weighted by Gasteiger charge is -2.36. The fourth-order valence-electron chi connectivity index (χ4n) is 3.51. The Labute approximate surface area is 175 Å². The van der Waals surface area contributed by atoms with Gasteiger partial charge in [0, 0.05) is 31.3 Å². The van der Waals surface area contributed by atoms with Crippen molar-refractivity contribution in [3.05, 3.63) is 63.7 Å². The van der Waals surface area contributed by atoms with Gasteiger partial charge in [-0.1, -0.05) is 30.3 Å². The van der Waals surface area contributed by atoms with Crippen LogP contribution in [0.1, 0.15) is 17.2 Å². The van der Waals surface area contributed by atoms with Crippen LogP contribution in [0.2, 0.25) is 0 Å². The number of nitro groups is 1. The normalized spacial score (nSPS) is 16.6. The molecule has 156 valence electrons. The number of nitrogens with one attached hydrogen (secondary N) is 2. The maximum absolute atomic E-state index is 12.7. The molecule has 0 saturated carbocycles. The van der Waals surface area contributed by atoms with Gasteiger partial charge >= 0.3 is 0 Å². The van der Waals surface area contributed by atoms with Crippen LogP contribution in [0.15, 0.2) is 42.5 Å². The molecule has 3 rings (SSSR count). The molecule has 0 aromatic heterocycles. The van der Waals surface area contributed by atoms with E-state index in [1.165, 1.54) is 6.07 Å². The second kappa shape index (κ2) is 10.2. The zero-order chi connectivity index (χ0) is 20.1. The number of hydrogen-bond donors (Lipinski definition) is 2. The second-order valence-electron chi connectivity index (χ2n) is 6.71. The predicted octanol–water partition coefficient (Wildman–Crippen LogP) is 2.92. The van der Waals surface area contributed by atoms with Crippen molar-refractivity contribution in [1.82, 2.24) is 10.2 Å². The molecule has 0 aliphatic carbocycles. The van der Waals surface area contributed by atoms with Gasteiger partial charge in [0.2, 0.25) is 5.91 Å². The molecule has 8 nitrogen and oxygen atoms in total. The smallest absolute Gasteiger partial charge is 0.293 e. The summed E-state index contributed by atoms with van der Waals surface area (Å²) < 4.78 is 5.48. The van der Waals surface area contributed by atoms with E-state index in [0.717, 1.165) is 17.9 Å². The Morgan fingerprint density at radius 1 is 1.31 bits per heavy atom. The van der Waals surface area contributed by atoms with E-state index in [1.807, 2.05) is 24.3 Å². The number of ether oxygens (including phenoxy) is 1. The van der Waals surface area contributed by atoms with Gasteiger partial charge in [0.25, 0.3) is 5.69 Å². The summed E-state index contributed by atoms with van der Waals surface area (Å²) in [6, 6.07) is 12.5. The highest BCUT2D eigenvalue weighted by Gasteiger charge is 2.28. The van der Waals surface area contributed by atoms with Crippen molar-refractivity contribution in [2.75, 3.05) is 38.6 Å². The number of anilines is 1. The van der Waals surface area contributed by atoms with Gasteiger partial charge < -0.3 is 15.4 Å². The van der Waals surface area contributed by atoms with Crippen LogP contribution < -0.4 is 15.4 Å². The Morgan fingerprint density at radius 3 is 2.79 bits per heavy atom. The Kier molecular flexibility index (Phi) is 7.95. The summed E-state index contributed by atoms with van der Waals surface area (Å²) in [6.45, 7) is 4.02. The van der Waals surface area contributed by atoms with Gasteiger partial charge in [0.1, 0.15) is 11.4 Å². The summed E-state index contributed by atoms with van der Waals surface area (Å²) in [5, 5.41) is 17.4. The topological polar surface area (TPSA) is 96.7 Å². The third kappa shape index (κ3) is 5.23. The molecule has 1 amide bonds. The fourth-order valence-corrected chi connectivity index (χ4v) is 3.51. The molecule has 2 aromatic carbocycles. The maximum Gasteiger partial charge on any atom is 0.293 e. The zero-order valence-electron chi connectivity index (χ0n) is 16.4. The Bertz CT molecular complexity index is 877. The van der Waals surface area contributed by atoms with Crippen LogP contribution in [-0.4, -0.2) is 49.0 Å². The van der Waals surface area contributed by atoms with E-state index in [-0.39, 0.29) is 42.3 Å². The Hall–Kier alpha value is -2.68. The third-order valence-corrected chi connectivity index (χ3v) is 4.91. The number of carbonyl (C=O) groups excluding carboxylic acids is 1. The molecule has 1 atom stereocenters. The van der Waals surface area contributed by atoms with Gasteiger partial charge in [0.05, 0.1) is 24.6 Å². The van der Waals surface area contributed by atoms with E-state index in [0.29, 0.717) is 18.7 Å². The van der Waals surface area contributed by atoms with Gasteiger partial charge in [-0.25, -0.2) is 0 Å². The van der Waals surface area contributed by atoms with E-state index in [1.54, 1.807) is 26.2 Å². The maximum atomic E-state index is 12.7. The Morgan fingerprint density at radius 2 is 2.07 bits per heavy atom. The van der Waals surface area contributed by atoms with E-state index < -0.39 is 4.92 Å². The fraction of sp³-hybridized carbons (Fsp3) is 0.350. The Balaban J connectivity index is 0.00000300. The highest BCUT2D eigenvalue weighted by Crippen LogP contribution is 2.31. The summed E-state index contributed by atoms with van der Waals surface area (Å²) in [4.78, 5) is 25.6. The number of piperazine rings is 1. The zero-order valence-corrected chi connectivity index (χ0v) is 17.2. The quantitative estimate of drug-likeness (QED) is 0.551. The molecular formula is C20H25ClN4O4. The number of carbonyl (C=O) groups is 1. The molecule has 0 radical (unpaired) electrons. The number of nitro benzene ring substituents is 1. The van der Waals surface area contributed by atoms with Crippen molar-refractivity contribution >= 4 is 29.7 Å². The van der Waals surface area contributed by atoms with Crippen LogP contribution in [0.5, 0.6) is 5.75 Å². The molecule has 0 spiro atoms. The number of aryl methyl sites for hydroxylation is 1. The molecule has 0 bridgehead atoms. The van der Waals surface area contributed by atoms with Crippen molar-refractivity contribution in [3.63, 3.8) is 0 Å². The lowest BCUT2D eigenvalue weighted by atomic mass is 10.0. The molecular weight excluding hydrogens is 396 g/mol. The van der Waals surface area contributed by atoms with Gasteiger partial charge in [-0.3, -0.25) is 19.8 Å². The third-order valence-electron chi connectivity index (χ3n) is 4.91. The molecule has 1 unspecified atom stereocenters. The second-order valence-corrected chi connectivity index (χ2v) is 6.71. The number of hydrogen-bond acceptors (Lipinski definition) is 6. The molecule has 1 aliphatic rings. The first kappa shape index (κ1) is 22.6. The van der Waals surface area contributed by atoms with Gasteiger partial charge in [-0.15, -0.1) is 12.4 Å². The van der Waals surface area contributed by atoms with E-state index in [9.17, 15) is 14.9 Å². The largest absolute Gasteiger partial charge is 0.496 e. The summed E-state index contributed by atoms with van der Waals surface area (Å²) in [6.07, 6.45) is 0. The SMILES string of the molecule is COc1ccccc1C1CNCCN1CC(=O)Nc1c(C)cccc1[N+](=O)[O-].Cl. The molecule has 2 N–H and O–H groups in total. The standard InChI is InChI=1S/C20H24N4O4.ClH/c1-14-6-5-8-16(24(26)27)20(14)22-19(25)13-23-11-10-21-12-17(23)15-7-3-4-9-18(15)28-2;/h3-9,17,21H,10-13H2,1-2H3,(H,22,25);1H. The number of amides is 1. The molecule has 1 saturated heterocycles. The van der Waals surface area contributed by atoms with E-state index >= 15 is 0 Å².